The van der Waals surface area contributed by atoms with Gasteiger partial charge in [-0.05, 0) is 25.8 Å². The Balaban J connectivity index is 1.82. The Morgan fingerprint density at radius 1 is 1.19 bits per heavy atom. The van der Waals surface area contributed by atoms with Crippen LogP contribution in [0.1, 0.15) is 47.5 Å². The number of fused-ring (bicyclic) bond motifs is 1. The molecule has 1 aromatic rings. The fourth-order valence-corrected chi connectivity index (χ4v) is 4.66. The first-order valence-corrected chi connectivity index (χ1v) is 9.73. The van der Waals surface area contributed by atoms with Crippen LogP contribution in [-0.4, -0.2) is 59.7 Å². The van der Waals surface area contributed by atoms with E-state index in [-0.39, 0.29) is 31.2 Å². The van der Waals surface area contributed by atoms with Crippen LogP contribution in [0.3, 0.4) is 0 Å². The lowest BCUT2D eigenvalue weighted by atomic mass is 10.0. The van der Waals surface area contributed by atoms with Crippen molar-refractivity contribution < 1.29 is 23.9 Å². The van der Waals surface area contributed by atoms with Crippen molar-refractivity contribution in [3.8, 4) is 0 Å². The van der Waals surface area contributed by atoms with Gasteiger partial charge < -0.3 is 10.1 Å². The molecule has 3 heterocycles. The van der Waals surface area contributed by atoms with E-state index in [1.165, 1.54) is 18.4 Å². The van der Waals surface area contributed by atoms with Crippen molar-refractivity contribution in [1.82, 2.24) is 9.80 Å². The SMILES string of the molecule is COC(=O)c1c(NC(=O)CN2C(=O)CCC2=O)sc2c1CCN(C(C)C)C2. The number of anilines is 1. The minimum atomic E-state index is -0.497. The minimum absolute atomic E-state index is 0.137. The summed E-state index contributed by atoms with van der Waals surface area (Å²) in [5.74, 6) is -1.68. The molecule has 27 heavy (non-hydrogen) atoms. The zero-order chi connectivity index (χ0) is 19.7. The average Bonchev–Trinajstić information content (AvgIpc) is 3.14. The maximum absolute atomic E-state index is 12.4. The van der Waals surface area contributed by atoms with Crippen molar-refractivity contribution in [3.63, 3.8) is 0 Å². The molecule has 0 unspecified atom stereocenters. The van der Waals surface area contributed by atoms with Gasteiger partial charge in [-0.2, -0.15) is 0 Å². The molecule has 0 atom stereocenters. The van der Waals surface area contributed by atoms with Gasteiger partial charge in [0, 0.05) is 36.9 Å². The Labute approximate surface area is 161 Å². The van der Waals surface area contributed by atoms with E-state index in [0.29, 0.717) is 29.6 Å². The first kappa shape index (κ1) is 19.5. The highest BCUT2D eigenvalue weighted by atomic mass is 32.1. The maximum Gasteiger partial charge on any atom is 0.341 e. The normalized spacial score (nSPS) is 17.4. The minimum Gasteiger partial charge on any atom is -0.465 e. The molecule has 0 saturated carbocycles. The number of nitrogens with zero attached hydrogens (tertiary/aromatic N) is 2. The lowest BCUT2D eigenvalue weighted by Crippen LogP contribution is -2.37. The van der Waals surface area contributed by atoms with E-state index in [0.717, 1.165) is 21.9 Å². The third-order valence-electron chi connectivity index (χ3n) is 4.92. The number of esters is 1. The predicted octanol–water partition coefficient (Wildman–Crippen LogP) is 1.39. The number of hydrogen-bond acceptors (Lipinski definition) is 7. The molecule has 2 aliphatic rings. The smallest absolute Gasteiger partial charge is 0.341 e. The van der Waals surface area contributed by atoms with Crippen LogP contribution in [0, 0.1) is 0 Å². The van der Waals surface area contributed by atoms with E-state index < -0.39 is 11.9 Å². The van der Waals surface area contributed by atoms with Crippen molar-refractivity contribution in [1.29, 1.82) is 0 Å². The summed E-state index contributed by atoms with van der Waals surface area (Å²) in [7, 11) is 1.31. The molecule has 8 nitrogen and oxygen atoms in total. The van der Waals surface area contributed by atoms with Crippen LogP contribution in [0.4, 0.5) is 5.00 Å². The van der Waals surface area contributed by atoms with Gasteiger partial charge in [0.25, 0.3) is 0 Å². The number of thiophene rings is 1. The number of amides is 3. The van der Waals surface area contributed by atoms with Crippen LogP contribution in [-0.2, 0) is 32.1 Å². The zero-order valence-electron chi connectivity index (χ0n) is 15.7. The molecule has 0 radical (unpaired) electrons. The van der Waals surface area contributed by atoms with E-state index in [1.54, 1.807) is 0 Å². The third-order valence-corrected chi connectivity index (χ3v) is 6.05. The van der Waals surface area contributed by atoms with Gasteiger partial charge >= 0.3 is 5.97 Å². The molecule has 0 bridgehead atoms. The van der Waals surface area contributed by atoms with E-state index in [1.807, 2.05) is 0 Å². The fourth-order valence-electron chi connectivity index (χ4n) is 3.38. The molecule has 1 fully saturated rings. The quantitative estimate of drug-likeness (QED) is 0.600. The summed E-state index contributed by atoms with van der Waals surface area (Å²) in [5, 5.41) is 3.13. The lowest BCUT2D eigenvalue weighted by molar-refractivity contribution is -0.141. The second kappa shape index (κ2) is 7.77. The van der Waals surface area contributed by atoms with Crippen molar-refractivity contribution in [2.45, 2.75) is 45.7 Å². The number of carbonyl (C=O) groups is 4. The first-order valence-electron chi connectivity index (χ1n) is 8.91. The molecule has 0 spiro atoms. The lowest BCUT2D eigenvalue weighted by Gasteiger charge is -2.30. The molecule has 9 heteroatoms. The second-order valence-electron chi connectivity index (χ2n) is 6.94. The van der Waals surface area contributed by atoms with Gasteiger partial charge in [0.15, 0.2) is 0 Å². The standard InChI is InChI=1S/C18H23N3O5S/c1-10(2)20-7-6-11-12(8-20)27-17(16(11)18(25)26-3)19-13(22)9-21-14(23)4-5-15(21)24/h10H,4-9H2,1-3H3,(H,19,22). The number of carbonyl (C=O) groups excluding carboxylic acids is 4. The molecule has 1 saturated heterocycles. The summed E-state index contributed by atoms with van der Waals surface area (Å²) in [5.41, 5.74) is 1.29. The van der Waals surface area contributed by atoms with Gasteiger partial charge in [-0.25, -0.2) is 4.79 Å². The summed E-state index contributed by atoms with van der Waals surface area (Å²) in [4.78, 5) is 52.4. The molecule has 1 N–H and O–H groups in total. The second-order valence-corrected chi connectivity index (χ2v) is 8.04. The van der Waals surface area contributed by atoms with Crippen molar-refractivity contribution in [2.75, 3.05) is 25.5 Å². The molecular formula is C18H23N3O5S. The van der Waals surface area contributed by atoms with Crippen molar-refractivity contribution in [2.24, 2.45) is 0 Å². The van der Waals surface area contributed by atoms with Crippen LogP contribution < -0.4 is 5.32 Å². The Morgan fingerprint density at radius 2 is 1.85 bits per heavy atom. The van der Waals surface area contributed by atoms with E-state index in [9.17, 15) is 19.2 Å². The first-order chi connectivity index (χ1) is 12.8. The number of rotatable bonds is 5. The van der Waals surface area contributed by atoms with Crippen LogP contribution in [0.2, 0.25) is 0 Å². The van der Waals surface area contributed by atoms with E-state index in [2.05, 4.69) is 24.1 Å². The topological polar surface area (TPSA) is 96.0 Å². The highest BCUT2D eigenvalue weighted by Crippen LogP contribution is 2.38. The van der Waals surface area contributed by atoms with Crippen LogP contribution in [0.25, 0.3) is 0 Å². The molecule has 2 aliphatic heterocycles. The predicted molar refractivity (Wildman–Crippen MR) is 99.5 cm³/mol. The molecule has 3 amide bonds. The number of nitrogens with one attached hydrogen (secondary N) is 1. The third kappa shape index (κ3) is 3.89. The largest absolute Gasteiger partial charge is 0.465 e. The van der Waals surface area contributed by atoms with E-state index in [4.69, 9.17) is 4.74 Å². The summed E-state index contributed by atoms with van der Waals surface area (Å²) in [6.07, 6.45) is 0.975. The Kier molecular flexibility index (Phi) is 5.61. The van der Waals surface area contributed by atoms with Gasteiger partial charge in [0.1, 0.15) is 11.5 Å². The molecule has 1 aromatic heterocycles. The highest BCUT2D eigenvalue weighted by Gasteiger charge is 2.33. The van der Waals surface area contributed by atoms with Gasteiger partial charge in [-0.15, -0.1) is 11.3 Å². The van der Waals surface area contributed by atoms with Gasteiger partial charge in [-0.3, -0.25) is 24.2 Å². The Bertz CT molecular complexity index is 785. The summed E-state index contributed by atoms with van der Waals surface area (Å²) >= 11 is 1.35. The van der Waals surface area contributed by atoms with Crippen molar-refractivity contribution in [3.05, 3.63) is 16.0 Å². The zero-order valence-corrected chi connectivity index (χ0v) is 16.5. The number of imide groups is 1. The fraction of sp³-hybridized carbons (Fsp3) is 0.556. The summed E-state index contributed by atoms with van der Waals surface area (Å²) in [6, 6.07) is 0.382. The number of ether oxygens (including phenoxy) is 1. The number of hydrogen-bond donors (Lipinski definition) is 1. The summed E-state index contributed by atoms with van der Waals surface area (Å²) < 4.78 is 4.91. The van der Waals surface area contributed by atoms with Gasteiger partial charge in [-0.1, -0.05) is 0 Å². The maximum atomic E-state index is 12.4. The molecule has 0 aromatic carbocycles. The molecule has 146 valence electrons. The number of likely N-dealkylation sites (tertiary alicyclic amines) is 1. The van der Waals surface area contributed by atoms with Gasteiger partial charge in [0.05, 0.1) is 12.7 Å². The van der Waals surface area contributed by atoms with Crippen LogP contribution in [0.15, 0.2) is 0 Å². The number of methoxy groups -OCH3 is 1. The average molecular weight is 393 g/mol. The van der Waals surface area contributed by atoms with Gasteiger partial charge in [0.2, 0.25) is 17.7 Å². The Hall–Kier alpha value is -2.26. The molecule has 0 aliphatic carbocycles. The molecular weight excluding hydrogens is 370 g/mol. The van der Waals surface area contributed by atoms with E-state index >= 15 is 0 Å². The van der Waals surface area contributed by atoms with Crippen molar-refractivity contribution >= 4 is 40.0 Å². The summed E-state index contributed by atoms with van der Waals surface area (Å²) in [6.45, 7) is 5.44. The highest BCUT2D eigenvalue weighted by molar-refractivity contribution is 7.17. The molecule has 3 rings (SSSR count). The van der Waals surface area contributed by atoms with Crippen LogP contribution >= 0.6 is 11.3 Å². The van der Waals surface area contributed by atoms with Crippen LogP contribution in [0.5, 0.6) is 0 Å². The Morgan fingerprint density at radius 3 is 2.44 bits per heavy atom. The monoisotopic (exact) mass is 393 g/mol.